The maximum absolute atomic E-state index is 10.7. The van der Waals surface area contributed by atoms with Gasteiger partial charge >= 0.3 is 6.09 Å². The zero-order valence-corrected chi connectivity index (χ0v) is 5.93. The van der Waals surface area contributed by atoms with E-state index < -0.39 is 0 Å². The van der Waals surface area contributed by atoms with Crippen molar-refractivity contribution < 1.29 is 9.53 Å². The number of likely N-dealkylation sites (tertiary alicyclic amines) is 1. The largest absolute Gasteiger partial charge is 0.439 e. The van der Waals surface area contributed by atoms with Crippen molar-refractivity contribution >= 4 is 18.7 Å². The van der Waals surface area contributed by atoms with Gasteiger partial charge in [-0.05, 0) is 6.42 Å². The summed E-state index contributed by atoms with van der Waals surface area (Å²) in [4.78, 5) is 12.3. The Morgan fingerprint density at radius 2 is 2.33 bits per heavy atom. The number of nitrogens with zero attached hydrogens (tertiary/aromatic N) is 1. The topological polar surface area (TPSA) is 29.5 Å². The van der Waals surface area contributed by atoms with Crippen molar-refractivity contribution in [2.45, 2.75) is 6.42 Å². The monoisotopic (exact) mass is 147 g/mol. The van der Waals surface area contributed by atoms with Crippen molar-refractivity contribution in [1.82, 2.24) is 4.90 Å². The summed E-state index contributed by atoms with van der Waals surface area (Å²) in [6.07, 6.45) is 0.859. The van der Waals surface area contributed by atoms with E-state index >= 15 is 0 Å². The molecule has 1 fully saturated rings. The second kappa shape index (κ2) is 2.96. The van der Waals surface area contributed by atoms with E-state index in [2.05, 4.69) is 17.4 Å². The minimum Gasteiger partial charge on any atom is -0.439 e. The molecule has 1 amide bonds. The van der Waals surface area contributed by atoms with Gasteiger partial charge in [0.1, 0.15) is 5.94 Å². The molecule has 1 rings (SSSR count). The third kappa shape index (κ3) is 1.51. The molecule has 0 atom stereocenters. The van der Waals surface area contributed by atoms with Crippen LogP contribution in [0.25, 0.3) is 0 Å². The van der Waals surface area contributed by atoms with Crippen LogP contribution in [0.2, 0.25) is 0 Å². The summed E-state index contributed by atoms with van der Waals surface area (Å²) in [7, 11) is 0. The molecule has 1 heterocycles. The van der Waals surface area contributed by atoms with Crippen LogP contribution in [0, 0.1) is 0 Å². The first-order valence-electron chi connectivity index (χ1n) is 2.87. The number of amides is 1. The predicted molar refractivity (Wildman–Crippen MR) is 36.5 cm³/mol. The molecule has 0 saturated carbocycles. The zero-order valence-electron chi connectivity index (χ0n) is 5.04. The number of thiol groups is 1. The standard InChI is InChI=1S/C5H9NO2S/c7-5(8-4-9)6-2-1-3-6/h9H,1-4H2. The van der Waals surface area contributed by atoms with E-state index in [0.717, 1.165) is 19.5 Å². The number of ether oxygens (including phenoxy) is 1. The van der Waals surface area contributed by atoms with Crippen LogP contribution in [-0.4, -0.2) is 30.0 Å². The average molecular weight is 147 g/mol. The zero-order chi connectivity index (χ0) is 6.69. The van der Waals surface area contributed by atoms with Crippen LogP contribution in [0.3, 0.4) is 0 Å². The summed E-state index contributed by atoms with van der Waals surface area (Å²) < 4.78 is 4.60. The highest BCUT2D eigenvalue weighted by Crippen LogP contribution is 2.07. The van der Waals surface area contributed by atoms with Gasteiger partial charge in [-0.3, -0.25) is 0 Å². The lowest BCUT2D eigenvalue weighted by molar-refractivity contribution is 0.0953. The molecule has 3 nitrogen and oxygen atoms in total. The fourth-order valence-electron chi connectivity index (χ4n) is 0.645. The first-order chi connectivity index (χ1) is 4.34. The third-order valence-corrected chi connectivity index (χ3v) is 1.43. The maximum Gasteiger partial charge on any atom is 0.410 e. The third-order valence-electron chi connectivity index (χ3n) is 1.30. The Morgan fingerprint density at radius 3 is 2.67 bits per heavy atom. The summed E-state index contributed by atoms with van der Waals surface area (Å²) >= 11 is 3.75. The predicted octanol–water partition coefficient (Wildman–Crippen LogP) is 0.716. The van der Waals surface area contributed by atoms with Crippen LogP contribution < -0.4 is 0 Å². The highest BCUT2D eigenvalue weighted by Gasteiger charge is 2.20. The molecule has 1 aliphatic rings. The Morgan fingerprint density at radius 1 is 1.67 bits per heavy atom. The Hall–Kier alpha value is -0.380. The molecule has 52 valence electrons. The highest BCUT2D eigenvalue weighted by molar-refractivity contribution is 7.80. The van der Waals surface area contributed by atoms with Gasteiger partial charge in [-0.1, -0.05) is 0 Å². The summed E-state index contributed by atoms with van der Waals surface area (Å²) in [5.74, 6) is 0.176. The van der Waals surface area contributed by atoms with Crippen LogP contribution in [-0.2, 0) is 4.74 Å². The van der Waals surface area contributed by atoms with Crippen molar-refractivity contribution in [3.8, 4) is 0 Å². The van der Waals surface area contributed by atoms with Crippen molar-refractivity contribution in [3.63, 3.8) is 0 Å². The number of carbonyl (C=O) groups is 1. The molecule has 1 saturated heterocycles. The molecule has 4 heteroatoms. The highest BCUT2D eigenvalue weighted by atomic mass is 32.1. The molecule has 1 aliphatic heterocycles. The van der Waals surface area contributed by atoms with E-state index in [9.17, 15) is 4.79 Å². The molecule has 0 spiro atoms. The van der Waals surface area contributed by atoms with Crippen molar-refractivity contribution in [1.29, 1.82) is 0 Å². The van der Waals surface area contributed by atoms with Gasteiger partial charge in [-0.15, -0.1) is 12.6 Å². The van der Waals surface area contributed by atoms with Gasteiger partial charge in [0.2, 0.25) is 0 Å². The quantitative estimate of drug-likeness (QED) is 0.437. The van der Waals surface area contributed by atoms with Crippen LogP contribution in [0.4, 0.5) is 4.79 Å². The average Bonchev–Trinajstić information content (AvgIpc) is 1.60. The first-order valence-corrected chi connectivity index (χ1v) is 3.50. The molecule has 0 aliphatic carbocycles. The number of carbonyl (C=O) groups excluding carboxylic acids is 1. The van der Waals surface area contributed by atoms with Crippen molar-refractivity contribution in [3.05, 3.63) is 0 Å². The number of hydrogen-bond acceptors (Lipinski definition) is 3. The van der Waals surface area contributed by atoms with E-state index in [1.807, 2.05) is 0 Å². The molecule has 9 heavy (non-hydrogen) atoms. The second-order valence-electron chi connectivity index (χ2n) is 1.88. The Bertz CT molecular complexity index is 114. The lowest BCUT2D eigenvalue weighted by atomic mass is 10.2. The lowest BCUT2D eigenvalue weighted by Crippen LogP contribution is -2.42. The van der Waals surface area contributed by atoms with E-state index in [1.165, 1.54) is 0 Å². The minimum atomic E-state index is -0.240. The first kappa shape index (κ1) is 6.74. The molecule has 0 aromatic rings. The van der Waals surface area contributed by atoms with E-state index in [4.69, 9.17) is 0 Å². The minimum absolute atomic E-state index is 0.176. The number of hydrogen-bond donors (Lipinski definition) is 1. The van der Waals surface area contributed by atoms with E-state index in [1.54, 1.807) is 4.90 Å². The summed E-state index contributed by atoms with van der Waals surface area (Å²) in [6, 6.07) is 0. The molecule has 0 radical (unpaired) electrons. The van der Waals surface area contributed by atoms with Gasteiger partial charge < -0.3 is 9.64 Å². The van der Waals surface area contributed by atoms with Gasteiger partial charge in [0.25, 0.3) is 0 Å². The Labute approximate surface area is 59.4 Å². The van der Waals surface area contributed by atoms with Crippen molar-refractivity contribution in [2.75, 3.05) is 19.0 Å². The molecular weight excluding hydrogens is 138 g/mol. The molecule has 0 bridgehead atoms. The Kier molecular flexibility index (Phi) is 2.22. The van der Waals surface area contributed by atoms with E-state index in [-0.39, 0.29) is 12.0 Å². The van der Waals surface area contributed by atoms with E-state index in [0.29, 0.717) is 0 Å². The summed E-state index contributed by atoms with van der Waals surface area (Å²) in [6.45, 7) is 1.68. The molecular formula is C5H9NO2S. The van der Waals surface area contributed by atoms with Gasteiger partial charge in [0.05, 0.1) is 0 Å². The fourth-order valence-corrected chi connectivity index (χ4v) is 0.756. The summed E-state index contributed by atoms with van der Waals surface area (Å²) in [5.41, 5.74) is 0. The fraction of sp³-hybridized carbons (Fsp3) is 0.800. The van der Waals surface area contributed by atoms with Gasteiger partial charge in [-0.25, -0.2) is 4.79 Å². The normalized spacial score (nSPS) is 16.8. The SMILES string of the molecule is O=C(OCS)N1CCC1. The molecule has 0 aromatic carbocycles. The smallest absolute Gasteiger partial charge is 0.410 e. The maximum atomic E-state index is 10.7. The van der Waals surface area contributed by atoms with Crippen LogP contribution >= 0.6 is 12.6 Å². The number of rotatable bonds is 1. The molecule has 0 aromatic heterocycles. The van der Waals surface area contributed by atoms with Gasteiger partial charge in [0.15, 0.2) is 0 Å². The van der Waals surface area contributed by atoms with Crippen molar-refractivity contribution in [2.24, 2.45) is 0 Å². The lowest BCUT2D eigenvalue weighted by Gasteiger charge is -2.29. The van der Waals surface area contributed by atoms with Crippen LogP contribution in [0.1, 0.15) is 6.42 Å². The van der Waals surface area contributed by atoms with Crippen LogP contribution in [0.15, 0.2) is 0 Å². The summed E-state index contributed by atoms with van der Waals surface area (Å²) in [5, 5.41) is 0. The van der Waals surface area contributed by atoms with Gasteiger partial charge in [-0.2, -0.15) is 0 Å². The molecule has 0 unspecified atom stereocenters. The second-order valence-corrected chi connectivity index (χ2v) is 2.14. The Balaban J connectivity index is 2.16. The molecule has 0 N–H and O–H groups in total. The van der Waals surface area contributed by atoms with Crippen LogP contribution in [0.5, 0.6) is 0 Å². The van der Waals surface area contributed by atoms with Gasteiger partial charge in [0, 0.05) is 13.1 Å².